The third kappa shape index (κ3) is 3.83. The van der Waals surface area contributed by atoms with Crippen LogP contribution in [0.25, 0.3) is 0 Å². The molecule has 2 aromatic rings. The minimum Gasteiger partial charge on any atom is -0.404 e. The van der Waals surface area contributed by atoms with E-state index >= 15 is 4.39 Å². The molecule has 0 saturated carbocycles. The zero-order chi connectivity index (χ0) is 24.4. The Kier molecular flexibility index (Phi) is 5.81. The maximum atomic E-state index is 15.9. The normalized spacial score (nSPS) is 33.9. The van der Waals surface area contributed by atoms with Crippen LogP contribution in [-0.4, -0.2) is 66.8 Å². The molecule has 1 saturated heterocycles. The molecule has 168 valence electrons. The van der Waals surface area contributed by atoms with Gasteiger partial charge in [-0.1, -0.05) is 18.2 Å². The molecule has 1 aromatic carbocycles. The summed E-state index contributed by atoms with van der Waals surface area (Å²) in [6.45, 7) is -0.276. The van der Waals surface area contributed by atoms with Gasteiger partial charge in [-0.2, -0.15) is 4.39 Å². The van der Waals surface area contributed by atoms with Crippen molar-refractivity contribution in [3.8, 4) is 5.75 Å². The van der Waals surface area contributed by atoms with Gasteiger partial charge < -0.3 is 19.5 Å². The smallest absolute Gasteiger partial charge is 0.404 e. The van der Waals surface area contributed by atoms with Gasteiger partial charge in [0.1, 0.15) is 47.1 Å². The quantitative estimate of drug-likeness (QED) is 0.305. The second-order valence-corrected chi connectivity index (χ2v) is 9.20. The zero-order valence-electron chi connectivity index (χ0n) is 16.4. The summed E-state index contributed by atoms with van der Waals surface area (Å²) in [6.07, 6.45) is -4.65. The first kappa shape index (κ1) is 24.3. The Morgan fingerprint density at radius 2 is 2.00 bits per heavy atom. The Labute approximate surface area is 193 Å². The van der Waals surface area contributed by atoms with Crippen molar-refractivity contribution in [1.82, 2.24) is 9.55 Å². The number of aromatic amines is 1. The summed E-state index contributed by atoms with van der Waals surface area (Å²) < 4.78 is 62.5. The highest BCUT2D eigenvalue weighted by atomic mass is 32.1. The van der Waals surface area contributed by atoms with Crippen molar-refractivity contribution in [1.29, 1.82) is 0 Å². The van der Waals surface area contributed by atoms with Crippen molar-refractivity contribution in [2.45, 2.75) is 35.7 Å². The Morgan fingerprint density at radius 3 is 2.70 bits per heavy atom. The van der Waals surface area contributed by atoms with Gasteiger partial charge in [0.25, 0.3) is 11.4 Å². The Morgan fingerprint density at radius 1 is 1.33 bits per heavy atom. The molecule has 3 N–H and O–H groups in total. The second kappa shape index (κ2) is 7.87. The summed E-state index contributed by atoms with van der Waals surface area (Å²) in [5, 5.41) is 17.5. The van der Waals surface area contributed by atoms with Crippen molar-refractivity contribution in [3.63, 3.8) is 0 Å². The van der Waals surface area contributed by atoms with Crippen molar-refractivity contribution < 1.29 is 41.9 Å². The number of hydrogen-bond donors (Lipinski definition) is 3. The lowest BCUT2D eigenvalue weighted by molar-refractivity contribution is -0.240. The van der Waals surface area contributed by atoms with Gasteiger partial charge in [0, 0.05) is 5.56 Å². The van der Waals surface area contributed by atoms with Crippen LogP contribution in [0, 0.1) is 10.6 Å². The van der Waals surface area contributed by atoms with Crippen molar-refractivity contribution in [3.05, 3.63) is 57.0 Å². The van der Waals surface area contributed by atoms with Gasteiger partial charge in [-0.05, 0) is 18.3 Å². The van der Waals surface area contributed by atoms with E-state index < -0.39 is 53.1 Å². The van der Waals surface area contributed by atoms with Crippen LogP contribution in [0.3, 0.4) is 0 Å². The molecule has 3 heterocycles. The predicted octanol–water partition coefficient (Wildman–Crippen LogP) is -0.0337. The number of phosphoric ester groups is 1. The number of phosphoric acid groups is 1. The number of para-hydroxylation sites is 1. The van der Waals surface area contributed by atoms with E-state index in [2.05, 4.69) is 0 Å². The lowest BCUT2D eigenvalue weighted by atomic mass is 9.59. The number of aromatic nitrogens is 2. The van der Waals surface area contributed by atoms with Crippen molar-refractivity contribution >= 4 is 43.6 Å². The number of nitrogens with one attached hydrogen (secondary N) is 1. The maximum absolute atomic E-state index is 15.9. The molecule has 0 amide bonds. The van der Waals surface area contributed by atoms with Crippen LogP contribution in [0.4, 0.5) is 8.78 Å². The zero-order valence-corrected chi connectivity index (χ0v) is 18.1. The van der Waals surface area contributed by atoms with Crippen LogP contribution >= 0.6 is 20.0 Å². The summed E-state index contributed by atoms with van der Waals surface area (Å²) >= 11 is 4.84. The molecule has 1 unspecified atom stereocenters. The fourth-order valence-electron chi connectivity index (χ4n) is 3.30. The number of benzene rings is 1. The fraction of sp³-hybridized carbons (Fsp3) is 0.375. The molecule has 4 rings (SSSR count). The number of aliphatic hydroxyl groups excluding tert-OH is 2. The average molecular weight is 494 g/mol. The molecule has 0 aliphatic carbocycles. The highest BCUT2D eigenvalue weighted by Gasteiger charge is 2.68. The third-order valence-corrected chi connectivity index (χ3v) is 6.74. The van der Waals surface area contributed by atoms with Gasteiger partial charge in [-0.3, -0.25) is 23.4 Å². The molecule has 1 aromatic heterocycles. The van der Waals surface area contributed by atoms with E-state index in [1.165, 1.54) is 6.07 Å². The van der Waals surface area contributed by atoms with E-state index in [0.29, 0.717) is 16.3 Å². The monoisotopic (exact) mass is 494 g/mol. The first-order valence-electron chi connectivity index (χ1n) is 9.09. The molecule has 6 radical (unpaired) electrons. The number of fused-ring (bicyclic) bond motifs is 1. The molecular weight excluding hydrogens is 482 g/mol. The van der Waals surface area contributed by atoms with Gasteiger partial charge >= 0.3 is 7.82 Å². The van der Waals surface area contributed by atoms with Crippen LogP contribution in [0.15, 0.2) is 35.3 Å². The summed E-state index contributed by atoms with van der Waals surface area (Å²) in [4.78, 5) is 13.3. The van der Waals surface area contributed by atoms with E-state index in [0.717, 1.165) is 0 Å². The molecule has 2 aliphatic heterocycles. The molecule has 0 bridgehead atoms. The lowest BCUT2D eigenvalue weighted by Gasteiger charge is -2.42. The summed E-state index contributed by atoms with van der Waals surface area (Å²) in [5.74, 6) is -5.14. The van der Waals surface area contributed by atoms with Crippen LogP contribution in [0.1, 0.15) is 5.56 Å². The predicted molar refractivity (Wildman–Crippen MR) is 111 cm³/mol. The minimum absolute atomic E-state index is 0.0758. The molecule has 10 nitrogen and oxygen atoms in total. The fourth-order valence-corrected chi connectivity index (χ4v) is 4.94. The molecule has 1 fully saturated rings. The van der Waals surface area contributed by atoms with Crippen molar-refractivity contribution in [2.75, 3.05) is 0 Å². The van der Waals surface area contributed by atoms with Crippen LogP contribution in [-0.2, 0) is 30.6 Å². The van der Waals surface area contributed by atoms with E-state index in [1.807, 2.05) is 4.98 Å². The van der Waals surface area contributed by atoms with E-state index in [9.17, 15) is 24.0 Å². The lowest BCUT2D eigenvalue weighted by Crippen LogP contribution is -2.60. The molecule has 5 atom stereocenters. The first-order valence-corrected chi connectivity index (χ1v) is 11.0. The van der Waals surface area contributed by atoms with Gasteiger partial charge in [0.2, 0.25) is 5.82 Å². The summed E-state index contributed by atoms with van der Waals surface area (Å²) in [7, 11) is 12.5. The molecular formula is C16H12B3F2N2O8PS. The number of alkyl halides is 1. The topological polar surface area (TPSA) is 132 Å². The highest BCUT2D eigenvalue weighted by Crippen LogP contribution is 2.59. The average Bonchev–Trinajstić information content (AvgIpc) is 2.91. The van der Waals surface area contributed by atoms with Crippen LogP contribution in [0.5, 0.6) is 5.75 Å². The van der Waals surface area contributed by atoms with Crippen LogP contribution < -0.4 is 10.1 Å². The van der Waals surface area contributed by atoms with Crippen molar-refractivity contribution in [2.24, 2.45) is 0 Å². The van der Waals surface area contributed by atoms with Gasteiger partial charge in [0.15, 0.2) is 4.77 Å². The summed E-state index contributed by atoms with van der Waals surface area (Å²) in [6, 6.07) is 6.24. The molecule has 2 aliphatic rings. The second-order valence-electron chi connectivity index (χ2n) is 7.30. The highest BCUT2D eigenvalue weighted by molar-refractivity contribution is 7.71. The Bertz CT molecular complexity index is 1280. The van der Waals surface area contributed by atoms with Gasteiger partial charge in [0.05, 0.1) is 18.2 Å². The molecule has 0 spiro atoms. The number of aliphatic hydroxyl groups is 2. The van der Waals surface area contributed by atoms with E-state index in [1.54, 1.807) is 18.2 Å². The van der Waals surface area contributed by atoms with E-state index in [4.69, 9.17) is 54.1 Å². The number of halogens is 2. The first-order chi connectivity index (χ1) is 15.2. The Balaban J connectivity index is 1.68. The number of H-pyrrole nitrogens is 1. The van der Waals surface area contributed by atoms with Gasteiger partial charge in [-0.25, -0.2) is 8.96 Å². The molecule has 33 heavy (non-hydrogen) atoms. The Hall–Kier alpha value is -1.80. The number of nitrogens with zero attached hydrogens (tertiary/aromatic N) is 1. The largest absolute Gasteiger partial charge is 0.529 e. The third-order valence-electron chi connectivity index (χ3n) is 5.05. The maximum Gasteiger partial charge on any atom is 0.529 e. The van der Waals surface area contributed by atoms with Gasteiger partial charge in [-0.15, -0.1) is 0 Å². The van der Waals surface area contributed by atoms with E-state index in [-0.39, 0.29) is 12.4 Å². The standard InChI is InChI=1S/C16H12B3F2N2O8PS/c17-15(23-5-8(20)12(26)22-13(23)33)11(25)10(24)14(21,30-15)16(18,19)31-32(27)28-6-7-3-1-2-4-9(7)29-32/h1-5,10-11,24-25H,6H2,(H,22,26,33)/t10-,11+,14-,15-,32?/m0/s1. The summed E-state index contributed by atoms with van der Waals surface area (Å²) in [5.41, 5.74) is -3.59. The number of ether oxygens (including phenoxy) is 1. The van der Waals surface area contributed by atoms with Crippen LogP contribution in [0.2, 0.25) is 0 Å². The number of rotatable bonds is 4. The number of hydrogen-bond acceptors (Lipinski definition) is 9. The minimum atomic E-state index is -4.68. The SMILES string of the molecule is [B]C([B])(OP1(=O)OCc2ccccc2O1)[C@@]1(F)O[C@@]([B])(n2cc(F)c(=O)[nH]c2=S)[C@H](O)[C@@H]1O. The molecule has 17 heteroatoms.